The molecular weight excluding hydrogens is 411 g/mol. The normalized spacial score (nSPS) is 14.7. The number of methoxy groups -OCH3 is 1. The number of anilines is 1. The van der Waals surface area contributed by atoms with Crippen molar-refractivity contribution in [2.45, 2.75) is 13.0 Å². The lowest BCUT2D eigenvalue weighted by atomic mass is 10.1. The van der Waals surface area contributed by atoms with Gasteiger partial charge in [0, 0.05) is 43.9 Å². The summed E-state index contributed by atoms with van der Waals surface area (Å²) in [6.45, 7) is 4.09. The number of hydrogen-bond acceptors (Lipinski definition) is 6. The van der Waals surface area contributed by atoms with Gasteiger partial charge in [-0.15, -0.1) is 0 Å². The van der Waals surface area contributed by atoms with E-state index in [1.807, 2.05) is 30.3 Å². The van der Waals surface area contributed by atoms with Crippen LogP contribution < -0.4 is 14.4 Å². The average Bonchev–Trinajstić information content (AvgIpc) is 2.84. The molecule has 2 heterocycles. The van der Waals surface area contributed by atoms with Crippen molar-refractivity contribution in [3.05, 3.63) is 66.7 Å². The molecule has 7 nitrogen and oxygen atoms in total. The lowest BCUT2D eigenvalue weighted by molar-refractivity contribution is -0.138. The van der Waals surface area contributed by atoms with Crippen molar-refractivity contribution in [2.75, 3.05) is 38.2 Å². The molecule has 1 fully saturated rings. The van der Waals surface area contributed by atoms with E-state index in [-0.39, 0.29) is 5.91 Å². The molecule has 3 aromatic rings. The first kappa shape index (κ1) is 21.5. The van der Waals surface area contributed by atoms with Crippen LogP contribution in [0.15, 0.2) is 60.9 Å². The molecule has 1 atom stereocenters. The second-order valence-corrected chi connectivity index (χ2v) is 7.52. The summed E-state index contributed by atoms with van der Waals surface area (Å²) < 4.78 is 24.2. The maximum Gasteiger partial charge on any atom is 0.263 e. The van der Waals surface area contributed by atoms with E-state index in [0.717, 1.165) is 22.8 Å². The molecule has 1 aliphatic heterocycles. The van der Waals surface area contributed by atoms with Crippen LogP contribution in [0.4, 0.5) is 10.2 Å². The van der Waals surface area contributed by atoms with Crippen LogP contribution in [-0.4, -0.2) is 60.2 Å². The van der Waals surface area contributed by atoms with E-state index in [1.165, 1.54) is 12.1 Å². The summed E-state index contributed by atoms with van der Waals surface area (Å²) in [4.78, 5) is 25.5. The number of piperazine rings is 1. The van der Waals surface area contributed by atoms with Crippen LogP contribution in [-0.2, 0) is 4.79 Å². The van der Waals surface area contributed by atoms with E-state index in [2.05, 4.69) is 14.9 Å². The highest BCUT2D eigenvalue weighted by Gasteiger charge is 2.26. The van der Waals surface area contributed by atoms with Crippen molar-refractivity contribution < 1.29 is 18.7 Å². The molecule has 8 heteroatoms. The minimum atomic E-state index is -0.691. The Morgan fingerprint density at radius 3 is 2.44 bits per heavy atom. The van der Waals surface area contributed by atoms with Gasteiger partial charge in [0.15, 0.2) is 6.10 Å². The molecule has 1 aliphatic rings. The topological polar surface area (TPSA) is 67.8 Å². The number of nitrogens with zero attached hydrogens (tertiary/aromatic N) is 4. The van der Waals surface area contributed by atoms with Crippen LogP contribution in [0.2, 0.25) is 0 Å². The van der Waals surface area contributed by atoms with Crippen molar-refractivity contribution in [1.82, 2.24) is 14.9 Å². The molecule has 1 saturated heterocycles. The van der Waals surface area contributed by atoms with Crippen LogP contribution in [0.25, 0.3) is 11.3 Å². The summed E-state index contributed by atoms with van der Waals surface area (Å²) in [5.41, 5.74) is 1.81. The van der Waals surface area contributed by atoms with Crippen molar-refractivity contribution >= 4 is 11.7 Å². The molecule has 0 radical (unpaired) electrons. The molecule has 32 heavy (non-hydrogen) atoms. The molecule has 1 aromatic heterocycles. The highest BCUT2D eigenvalue weighted by atomic mass is 19.1. The third kappa shape index (κ3) is 4.96. The van der Waals surface area contributed by atoms with Gasteiger partial charge in [0.05, 0.1) is 12.8 Å². The quantitative estimate of drug-likeness (QED) is 0.590. The monoisotopic (exact) mass is 436 g/mol. The van der Waals surface area contributed by atoms with E-state index in [1.54, 1.807) is 37.4 Å². The molecule has 166 valence electrons. The van der Waals surface area contributed by atoms with E-state index in [0.29, 0.717) is 31.9 Å². The second-order valence-electron chi connectivity index (χ2n) is 7.52. The Bertz CT molecular complexity index is 1070. The van der Waals surface area contributed by atoms with Gasteiger partial charge in [-0.2, -0.15) is 0 Å². The van der Waals surface area contributed by atoms with Crippen LogP contribution in [0.5, 0.6) is 11.5 Å². The Balaban J connectivity index is 1.36. The van der Waals surface area contributed by atoms with E-state index >= 15 is 0 Å². The Labute approximate surface area is 186 Å². The van der Waals surface area contributed by atoms with E-state index in [4.69, 9.17) is 9.47 Å². The number of ether oxygens (including phenoxy) is 2. The van der Waals surface area contributed by atoms with Gasteiger partial charge in [0.2, 0.25) is 0 Å². The van der Waals surface area contributed by atoms with Crippen molar-refractivity contribution in [3.63, 3.8) is 0 Å². The number of carbonyl (C=O) groups excluding carboxylic acids is 1. The van der Waals surface area contributed by atoms with Crippen LogP contribution in [0, 0.1) is 5.82 Å². The fourth-order valence-electron chi connectivity index (χ4n) is 3.65. The number of halogens is 1. The summed E-state index contributed by atoms with van der Waals surface area (Å²) in [5, 5.41) is 0. The lowest BCUT2D eigenvalue weighted by Gasteiger charge is -2.36. The van der Waals surface area contributed by atoms with Gasteiger partial charge < -0.3 is 19.3 Å². The Hall–Kier alpha value is -3.68. The highest BCUT2D eigenvalue weighted by Crippen LogP contribution is 2.24. The second kappa shape index (κ2) is 9.64. The lowest BCUT2D eigenvalue weighted by Crippen LogP contribution is -2.52. The third-order valence-corrected chi connectivity index (χ3v) is 5.41. The zero-order valence-electron chi connectivity index (χ0n) is 18.1. The summed E-state index contributed by atoms with van der Waals surface area (Å²) in [6, 6.07) is 15.5. The number of amides is 1. The fourth-order valence-corrected chi connectivity index (χ4v) is 3.65. The van der Waals surface area contributed by atoms with Crippen LogP contribution in [0.1, 0.15) is 6.92 Å². The predicted octanol–water partition coefficient (Wildman–Crippen LogP) is 3.41. The summed E-state index contributed by atoms with van der Waals surface area (Å²) in [5.74, 6) is 1.45. The van der Waals surface area contributed by atoms with Gasteiger partial charge in [0.1, 0.15) is 29.5 Å². The number of aromatic nitrogens is 2. The summed E-state index contributed by atoms with van der Waals surface area (Å²) >= 11 is 0. The Morgan fingerprint density at radius 2 is 1.75 bits per heavy atom. The van der Waals surface area contributed by atoms with Crippen molar-refractivity contribution in [3.8, 4) is 22.8 Å². The molecule has 0 saturated carbocycles. The number of carbonyl (C=O) groups is 1. The van der Waals surface area contributed by atoms with E-state index < -0.39 is 11.9 Å². The molecule has 1 amide bonds. The smallest absolute Gasteiger partial charge is 0.263 e. The van der Waals surface area contributed by atoms with Gasteiger partial charge in [0.25, 0.3) is 5.91 Å². The van der Waals surface area contributed by atoms with Gasteiger partial charge >= 0.3 is 0 Å². The highest BCUT2D eigenvalue weighted by molar-refractivity contribution is 5.81. The zero-order valence-corrected chi connectivity index (χ0v) is 18.1. The van der Waals surface area contributed by atoms with Gasteiger partial charge in [-0.05, 0) is 43.3 Å². The van der Waals surface area contributed by atoms with Gasteiger partial charge in [-0.25, -0.2) is 14.4 Å². The maximum atomic E-state index is 13.4. The molecular formula is C24H25FN4O3. The van der Waals surface area contributed by atoms with Crippen molar-refractivity contribution in [1.29, 1.82) is 0 Å². The first-order valence-corrected chi connectivity index (χ1v) is 10.5. The van der Waals surface area contributed by atoms with Crippen LogP contribution >= 0.6 is 0 Å². The van der Waals surface area contributed by atoms with E-state index in [9.17, 15) is 9.18 Å². The Morgan fingerprint density at radius 1 is 1.00 bits per heavy atom. The van der Waals surface area contributed by atoms with Gasteiger partial charge in [-0.3, -0.25) is 4.79 Å². The summed E-state index contributed by atoms with van der Waals surface area (Å²) in [6.07, 6.45) is 0.866. The number of hydrogen-bond donors (Lipinski definition) is 0. The van der Waals surface area contributed by atoms with Crippen molar-refractivity contribution in [2.24, 2.45) is 0 Å². The third-order valence-electron chi connectivity index (χ3n) is 5.41. The van der Waals surface area contributed by atoms with Gasteiger partial charge in [-0.1, -0.05) is 6.07 Å². The molecule has 0 bridgehead atoms. The molecule has 4 rings (SSSR count). The molecule has 0 N–H and O–H groups in total. The zero-order chi connectivity index (χ0) is 22.5. The first-order chi connectivity index (χ1) is 15.5. The largest absolute Gasteiger partial charge is 0.497 e. The molecule has 0 spiro atoms. The SMILES string of the molecule is COc1ccc(-c2cc(N3CCN(C(=O)C(C)Oc4cccc(F)c4)CC3)ncn2)cc1. The predicted molar refractivity (Wildman–Crippen MR) is 119 cm³/mol. The molecule has 1 unspecified atom stereocenters. The fraction of sp³-hybridized carbons (Fsp3) is 0.292. The Kier molecular flexibility index (Phi) is 6.49. The number of rotatable bonds is 6. The standard InChI is InChI=1S/C24H25FN4O3/c1-17(32-21-5-3-4-19(25)14-21)24(30)29-12-10-28(11-13-29)23-15-22(26-16-27-23)18-6-8-20(31-2)9-7-18/h3-9,14-17H,10-13H2,1-2H3. The first-order valence-electron chi connectivity index (χ1n) is 10.5. The maximum absolute atomic E-state index is 13.4. The molecule has 0 aliphatic carbocycles. The minimum Gasteiger partial charge on any atom is -0.497 e. The summed E-state index contributed by atoms with van der Waals surface area (Å²) in [7, 11) is 1.64. The molecule has 2 aromatic carbocycles. The van der Waals surface area contributed by atoms with Crippen LogP contribution in [0.3, 0.4) is 0 Å². The minimum absolute atomic E-state index is 0.115. The number of benzene rings is 2. The average molecular weight is 436 g/mol.